The van der Waals surface area contributed by atoms with Gasteiger partial charge in [-0.3, -0.25) is 0 Å². The van der Waals surface area contributed by atoms with E-state index in [1.54, 1.807) is 24.3 Å². The number of hydrogen-bond acceptors (Lipinski definition) is 1. The normalized spacial score (nSPS) is 13.2. The third-order valence-electron chi connectivity index (χ3n) is 9.69. The predicted molar refractivity (Wildman–Crippen MR) is 234 cm³/mol. The zero-order valence-corrected chi connectivity index (χ0v) is 29.8. The first kappa shape index (κ1) is 24.9. The van der Waals surface area contributed by atoms with E-state index in [0.717, 1.165) is 44.5 Å². The quantitative estimate of drug-likeness (QED) is 0.144. The summed E-state index contributed by atoms with van der Waals surface area (Å²) < 4.78 is 78.9. The Morgan fingerprint density at radius 3 is 1.25 bits per heavy atom. The fourth-order valence-electron chi connectivity index (χ4n) is 7.02. The number of hydrogen-bond donors (Lipinski definition) is 0. The van der Waals surface area contributed by atoms with Gasteiger partial charge in [-0.1, -0.05) is 206 Å². The van der Waals surface area contributed by atoms with Gasteiger partial charge in [-0.15, -0.1) is 0 Å². The van der Waals surface area contributed by atoms with E-state index < -0.39 is 18.1 Å². The molecule has 0 bridgehead atoms. The fraction of sp³-hybridized carbons (Fsp3) is 0. The van der Waals surface area contributed by atoms with Crippen molar-refractivity contribution in [2.24, 2.45) is 0 Å². The van der Waals surface area contributed by atoms with Crippen molar-refractivity contribution in [3.05, 3.63) is 236 Å². The van der Waals surface area contributed by atoms with Crippen LogP contribution < -0.4 is 4.90 Å². The van der Waals surface area contributed by atoms with Crippen molar-refractivity contribution >= 4 is 17.1 Å². The van der Waals surface area contributed by atoms with Crippen LogP contribution in [-0.4, -0.2) is 0 Å². The minimum Gasteiger partial charge on any atom is -0.310 e. The second-order valence-electron chi connectivity index (χ2n) is 13.0. The minimum atomic E-state index is -0.440. The number of anilines is 3. The van der Waals surface area contributed by atoms with E-state index in [4.69, 9.17) is 6.85 Å². The summed E-state index contributed by atoms with van der Waals surface area (Å²) >= 11 is 0. The largest absolute Gasteiger partial charge is 0.310 e. The van der Waals surface area contributed by atoms with E-state index in [2.05, 4.69) is 36.4 Å². The maximum atomic E-state index is 9.57. The van der Waals surface area contributed by atoms with Gasteiger partial charge in [0.1, 0.15) is 0 Å². The van der Waals surface area contributed by atoms with Gasteiger partial charge in [0, 0.05) is 16.9 Å². The van der Waals surface area contributed by atoms with Crippen LogP contribution >= 0.6 is 0 Å². The third-order valence-corrected chi connectivity index (χ3v) is 9.69. The van der Waals surface area contributed by atoms with Gasteiger partial charge in [-0.05, 0) is 91.5 Å². The van der Waals surface area contributed by atoms with Crippen LogP contribution in [0.2, 0.25) is 0 Å². The van der Waals surface area contributed by atoms with Crippen molar-refractivity contribution in [2.75, 3.05) is 4.90 Å². The lowest BCUT2D eigenvalue weighted by Gasteiger charge is -2.29. The zero-order valence-electron chi connectivity index (χ0n) is 38.8. The highest BCUT2D eigenvalue weighted by Gasteiger charge is 2.20. The minimum absolute atomic E-state index is 0.0972. The number of para-hydroxylation sites is 1. The Balaban J connectivity index is 1.21. The molecule has 0 radical (unpaired) electrons. The average molecular weight is 711 g/mol. The van der Waals surface area contributed by atoms with Crippen molar-refractivity contribution in [3.8, 4) is 66.8 Å². The first-order valence-corrected chi connectivity index (χ1v) is 18.1. The van der Waals surface area contributed by atoms with E-state index in [0.29, 0.717) is 22.5 Å². The van der Waals surface area contributed by atoms with Crippen molar-refractivity contribution in [3.63, 3.8) is 0 Å². The summed E-state index contributed by atoms with van der Waals surface area (Å²) in [5, 5.41) is 0. The van der Waals surface area contributed by atoms with E-state index in [1.807, 2.05) is 126 Å². The third kappa shape index (κ3) is 7.00. The summed E-state index contributed by atoms with van der Waals surface area (Å²) in [6, 6.07) is 55.9. The van der Waals surface area contributed by atoms with Gasteiger partial charge in [0.15, 0.2) is 0 Å². The molecule has 0 aliphatic rings. The molecule has 9 aromatic carbocycles. The van der Waals surface area contributed by atoms with Crippen LogP contribution in [0, 0.1) is 0 Å². The highest BCUT2D eigenvalue weighted by Crippen LogP contribution is 2.45. The molecule has 0 heterocycles. The number of benzene rings is 9. The molecule has 55 heavy (non-hydrogen) atoms. The van der Waals surface area contributed by atoms with Crippen molar-refractivity contribution in [1.29, 1.82) is 0 Å². The fourth-order valence-corrected chi connectivity index (χ4v) is 7.02. The molecule has 0 fully saturated rings. The lowest BCUT2D eigenvalue weighted by molar-refractivity contribution is 1.28. The highest BCUT2D eigenvalue weighted by molar-refractivity contribution is 5.97. The Bertz CT molecular complexity index is 3130. The van der Waals surface area contributed by atoms with Crippen LogP contribution in [-0.2, 0) is 0 Å². The molecular formula is C54H39N. The van der Waals surface area contributed by atoms with Crippen LogP contribution in [0.25, 0.3) is 66.8 Å². The van der Waals surface area contributed by atoms with Crippen LogP contribution in [0.5, 0.6) is 0 Å². The number of rotatable bonds is 9. The Kier molecular flexibility index (Phi) is 6.98. The molecule has 9 aromatic rings. The Morgan fingerprint density at radius 2 is 0.655 bits per heavy atom. The predicted octanol–water partition coefficient (Wildman–Crippen LogP) is 15.2. The molecular weight excluding hydrogens is 663 g/mol. The summed E-state index contributed by atoms with van der Waals surface area (Å²) in [4.78, 5) is 1.82. The maximum Gasteiger partial charge on any atom is 0.0645 e. The van der Waals surface area contributed by atoms with Gasteiger partial charge in [0.2, 0.25) is 0 Å². The first-order valence-electron chi connectivity index (χ1n) is 22.6. The second kappa shape index (κ2) is 15.4. The molecule has 0 amide bonds. The van der Waals surface area contributed by atoms with Gasteiger partial charge in [-0.25, -0.2) is 0 Å². The molecule has 9 rings (SSSR count). The molecule has 0 N–H and O–H groups in total. The van der Waals surface area contributed by atoms with Gasteiger partial charge in [-0.2, -0.15) is 0 Å². The molecule has 0 aliphatic heterocycles. The van der Waals surface area contributed by atoms with E-state index in [9.17, 15) is 5.48 Å². The molecule has 0 spiro atoms. The molecule has 0 unspecified atom stereocenters. The topological polar surface area (TPSA) is 3.24 Å². The van der Waals surface area contributed by atoms with E-state index in [-0.39, 0.29) is 53.1 Å². The standard InChI is InChI=1S/C54H39N/c1-4-16-40(17-5-1)42-28-30-43(31-29-42)45-34-38-48(39-35-45)55(47-36-32-44(33-37-47)41-18-6-2-7-19-41)54-27-15-14-26-53(54)52-25-13-12-24-51(52)50-23-11-10-22-49(50)46-20-8-3-9-21-46/h1-39H/i1D,4D,5D,16D,17D,32D,33D,36D,37D. The first-order chi connectivity index (χ1) is 31.0. The molecule has 0 aromatic heterocycles. The average Bonchev–Trinajstić information content (AvgIpc) is 3.34. The zero-order chi connectivity index (χ0) is 44.6. The van der Waals surface area contributed by atoms with Gasteiger partial charge in [0.25, 0.3) is 0 Å². The molecule has 260 valence electrons. The lowest BCUT2D eigenvalue weighted by atomic mass is 9.88. The van der Waals surface area contributed by atoms with Gasteiger partial charge in [0.05, 0.1) is 18.0 Å². The van der Waals surface area contributed by atoms with Gasteiger partial charge < -0.3 is 4.90 Å². The Morgan fingerprint density at radius 1 is 0.255 bits per heavy atom. The molecule has 0 saturated heterocycles. The molecule has 0 aliphatic carbocycles. The monoisotopic (exact) mass is 710 g/mol. The smallest absolute Gasteiger partial charge is 0.0645 e. The Hall–Kier alpha value is -7.22. The SMILES string of the molecule is [2H]c1c([2H])c([2H])c(-c2ccc(-c3ccc(N(c4ccccc4-c4ccccc4-c4ccccc4-c4ccccc4)c4c([2H])c([2H])c(-c5ccccc5)c([2H])c4[2H])cc3)cc2)c([2H])c1[2H]. The van der Waals surface area contributed by atoms with Crippen LogP contribution in [0.15, 0.2) is 236 Å². The maximum absolute atomic E-state index is 9.57. The van der Waals surface area contributed by atoms with Crippen molar-refractivity contribution in [1.82, 2.24) is 0 Å². The van der Waals surface area contributed by atoms with Crippen molar-refractivity contribution in [2.45, 2.75) is 0 Å². The molecule has 0 saturated carbocycles. The van der Waals surface area contributed by atoms with Crippen LogP contribution in [0.4, 0.5) is 17.1 Å². The summed E-state index contributed by atoms with van der Waals surface area (Å²) in [5.74, 6) is 0. The van der Waals surface area contributed by atoms with E-state index in [1.165, 1.54) is 0 Å². The molecule has 1 nitrogen and oxygen atoms in total. The lowest BCUT2D eigenvalue weighted by Crippen LogP contribution is -2.11. The summed E-state index contributed by atoms with van der Waals surface area (Å²) in [5.41, 5.74) is 10.3. The van der Waals surface area contributed by atoms with E-state index >= 15 is 0 Å². The summed E-state index contributed by atoms with van der Waals surface area (Å²) in [6.45, 7) is 0. The highest BCUT2D eigenvalue weighted by atomic mass is 15.1. The van der Waals surface area contributed by atoms with Gasteiger partial charge >= 0.3 is 0 Å². The second-order valence-corrected chi connectivity index (χ2v) is 13.0. The van der Waals surface area contributed by atoms with Crippen molar-refractivity contribution < 1.29 is 12.3 Å². The summed E-state index contributed by atoms with van der Waals surface area (Å²) in [6.07, 6.45) is 0. The molecule has 1 heteroatoms. The van der Waals surface area contributed by atoms with Crippen LogP contribution in [0.3, 0.4) is 0 Å². The van der Waals surface area contributed by atoms with Crippen LogP contribution in [0.1, 0.15) is 12.3 Å². The number of nitrogens with zero attached hydrogens (tertiary/aromatic N) is 1. The Labute approximate surface area is 336 Å². The molecule has 0 atom stereocenters. The summed E-state index contributed by atoms with van der Waals surface area (Å²) in [7, 11) is 0.